The van der Waals surface area contributed by atoms with E-state index in [4.69, 9.17) is 10.5 Å². The van der Waals surface area contributed by atoms with Crippen LogP contribution >= 0.6 is 15.9 Å². The molecule has 3 rings (SSSR count). The number of fused-ring (bicyclic) bond motifs is 3. The average Bonchev–Trinajstić information content (AvgIpc) is 3.00. The largest absolute Gasteiger partial charge is 0.488 e. The van der Waals surface area contributed by atoms with E-state index in [1.54, 1.807) is 0 Å². The topological polar surface area (TPSA) is 46.7 Å². The van der Waals surface area contributed by atoms with Crippen LogP contribution in [-0.4, -0.2) is 61.8 Å². The van der Waals surface area contributed by atoms with Gasteiger partial charge in [0.15, 0.2) is 0 Å². The van der Waals surface area contributed by atoms with Gasteiger partial charge in [0.1, 0.15) is 17.7 Å². The highest BCUT2D eigenvalue weighted by Gasteiger charge is 2.28. The maximum absolute atomic E-state index is 6.40. The fourth-order valence-corrected chi connectivity index (χ4v) is 4.06. The molecule has 0 radical (unpaired) electrons. The summed E-state index contributed by atoms with van der Waals surface area (Å²) in [5.41, 5.74) is 8.92. The molecule has 0 spiro atoms. The van der Waals surface area contributed by atoms with Gasteiger partial charge in [-0.2, -0.15) is 0 Å². The molecular weight excluding hydrogens is 368 g/mol. The number of halogens is 1. The number of rotatable bonds is 6. The molecule has 1 aliphatic heterocycles. The maximum atomic E-state index is 6.40. The number of aromatic nitrogens is 1. The number of nitrogens with zero attached hydrogens (tertiary/aromatic N) is 3. The van der Waals surface area contributed by atoms with Crippen LogP contribution in [0, 0.1) is 0 Å². The van der Waals surface area contributed by atoms with Crippen LogP contribution in [-0.2, 0) is 13.0 Å². The van der Waals surface area contributed by atoms with Gasteiger partial charge in [0.25, 0.3) is 0 Å². The number of anilines is 1. The van der Waals surface area contributed by atoms with Crippen molar-refractivity contribution in [2.24, 2.45) is 0 Å². The van der Waals surface area contributed by atoms with Crippen molar-refractivity contribution in [1.29, 1.82) is 0 Å². The average molecular weight is 395 g/mol. The monoisotopic (exact) mass is 394 g/mol. The van der Waals surface area contributed by atoms with Crippen LogP contribution in [0.3, 0.4) is 0 Å². The summed E-state index contributed by atoms with van der Waals surface area (Å²) >= 11 is 3.68. The molecule has 0 aliphatic carbocycles. The number of nitrogen functional groups attached to an aromatic ring is 1. The summed E-state index contributed by atoms with van der Waals surface area (Å²) in [6, 6.07) is 4.21. The Hall–Kier alpha value is -1.24. The van der Waals surface area contributed by atoms with Crippen LogP contribution in [0.2, 0.25) is 0 Å². The Labute approximate surface area is 152 Å². The molecular formula is C18H27BrN4O. The Morgan fingerprint density at radius 1 is 1.25 bits per heavy atom. The zero-order valence-corrected chi connectivity index (χ0v) is 16.6. The van der Waals surface area contributed by atoms with Gasteiger partial charge in [0, 0.05) is 30.5 Å². The van der Waals surface area contributed by atoms with Crippen molar-refractivity contribution in [2.75, 3.05) is 47.0 Å². The number of nitrogens with two attached hydrogens (primary N) is 1. The van der Waals surface area contributed by atoms with Gasteiger partial charge in [-0.1, -0.05) is 0 Å². The van der Waals surface area contributed by atoms with Gasteiger partial charge >= 0.3 is 0 Å². The Morgan fingerprint density at radius 2 is 2.00 bits per heavy atom. The maximum Gasteiger partial charge on any atom is 0.125 e. The normalized spacial score (nSPS) is 17.0. The zero-order valence-electron chi connectivity index (χ0n) is 15.0. The Bertz CT molecular complexity index is 738. The summed E-state index contributed by atoms with van der Waals surface area (Å²) in [5.74, 6) is 1.82. The predicted octanol–water partition coefficient (Wildman–Crippen LogP) is 2.80. The number of benzene rings is 1. The number of hydrogen-bond donors (Lipinski definition) is 1. The van der Waals surface area contributed by atoms with E-state index in [2.05, 4.69) is 70.6 Å². The van der Waals surface area contributed by atoms with Crippen LogP contribution in [0.25, 0.3) is 10.9 Å². The third-order valence-corrected chi connectivity index (χ3v) is 5.38. The van der Waals surface area contributed by atoms with Gasteiger partial charge in [-0.25, -0.2) is 0 Å². The highest BCUT2D eigenvalue weighted by Crippen LogP contribution is 2.41. The molecule has 1 aromatic carbocycles. The molecule has 1 unspecified atom stereocenters. The summed E-state index contributed by atoms with van der Waals surface area (Å²) in [7, 11) is 8.37. The molecule has 1 aromatic heterocycles. The summed E-state index contributed by atoms with van der Waals surface area (Å²) in [6.45, 7) is 2.89. The van der Waals surface area contributed by atoms with Crippen molar-refractivity contribution in [3.8, 4) is 5.75 Å². The van der Waals surface area contributed by atoms with E-state index in [9.17, 15) is 0 Å². The molecule has 2 N–H and O–H groups in total. The van der Waals surface area contributed by atoms with Crippen LogP contribution < -0.4 is 10.5 Å². The highest BCUT2D eigenvalue weighted by atomic mass is 79.9. The highest BCUT2D eigenvalue weighted by molar-refractivity contribution is 9.10. The second-order valence-electron chi connectivity index (χ2n) is 7.15. The number of aryl methyl sites for hydroxylation is 1. The fourth-order valence-electron chi connectivity index (χ4n) is 3.52. The molecule has 1 aliphatic rings. The van der Waals surface area contributed by atoms with Crippen molar-refractivity contribution in [3.05, 3.63) is 22.2 Å². The van der Waals surface area contributed by atoms with Crippen LogP contribution in [0.15, 0.2) is 16.6 Å². The van der Waals surface area contributed by atoms with E-state index in [-0.39, 0.29) is 6.10 Å². The van der Waals surface area contributed by atoms with Gasteiger partial charge in [-0.15, -0.1) is 0 Å². The third kappa shape index (κ3) is 3.27. The van der Waals surface area contributed by atoms with Crippen molar-refractivity contribution < 1.29 is 4.74 Å². The van der Waals surface area contributed by atoms with Gasteiger partial charge in [-0.05, 0) is 69.2 Å². The minimum atomic E-state index is 0.214. The Balaban J connectivity index is 1.97. The van der Waals surface area contributed by atoms with Crippen molar-refractivity contribution in [1.82, 2.24) is 14.4 Å². The summed E-state index contributed by atoms with van der Waals surface area (Å²) < 4.78 is 9.41. The molecule has 0 amide bonds. The second kappa shape index (κ2) is 6.94. The fraction of sp³-hybridized carbons (Fsp3) is 0.556. The summed E-state index contributed by atoms with van der Waals surface area (Å²) in [5, 5.41) is 1.19. The number of ether oxygens (including phenoxy) is 1. The molecule has 0 saturated heterocycles. The van der Waals surface area contributed by atoms with E-state index in [1.165, 1.54) is 16.5 Å². The lowest BCUT2D eigenvalue weighted by molar-refractivity contribution is 0.184. The van der Waals surface area contributed by atoms with Gasteiger partial charge in [-0.3, -0.25) is 0 Å². The molecule has 1 atom stereocenters. The first-order valence-electron chi connectivity index (χ1n) is 8.43. The molecule has 6 heteroatoms. The Morgan fingerprint density at radius 3 is 2.67 bits per heavy atom. The molecule has 0 saturated carbocycles. The molecule has 2 heterocycles. The quantitative estimate of drug-likeness (QED) is 0.817. The molecule has 24 heavy (non-hydrogen) atoms. The Kier molecular flexibility index (Phi) is 5.08. The van der Waals surface area contributed by atoms with Gasteiger partial charge < -0.3 is 24.8 Å². The van der Waals surface area contributed by atoms with Crippen molar-refractivity contribution in [2.45, 2.75) is 25.5 Å². The molecule has 0 fully saturated rings. The summed E-state index contributed by atoms with van der Waals surface area (Å²) in [6.07, 6.45) is 2.22. The summed E-state index contributed by atoms with van der Waals surface area (Å²) in [4.78, 5) is 4.38. The van der Waals surface area contributed by atoms with Crippen molar-refractivity contribution >= 4 is 32.7 Å². The number of hydrogen-bond acceptors (Lipinski definition) is 4. The minimum Gasteiger partial charge on any atom is -0.488 e. The minimum absolute atomic E-state index is 0.214. The van der Waals surface area contributed by atoms with E-state index in [0.717, 1.165) is 48.5 Å². The van der Waals surface area contributed by atoms with E-state index >= 15 is 0 Å². The van der Waals surface area contributed by atoms with E-state index in [0.29, 0.717) is 0 Å². The molecule has 2 aromatic rings. The number of likely N-dealkylation sites (N-methyl/N-ethyl adjacent to an activating group) is 1. The SMILES string of the molecule is CN(C)CCCn1c(N)c(Br)c2ccc3c(c21)CC(CN(C)C)O3. The lowest BCUT2D eigenvalue weighted by Crippen LogP contribution is -2.29. The van der Waals surface area contributed by atoms with Crippen molar-refractivity contribution in [3.63, 3.8) is 0 Å². The molecule has 0 bridgehead atoms. The first-order valence-corrected chi connectivity index (χ1v) is 9.23. The van der Waals surface area contributed by atoms with E-state index < -0.39 is 0 Å². The third-order valence-electron chi connectivity index (χ3n) is 4.54. The zero-order chi connectivity index (χ0) is 17.4. The lowest BCUT2D eigenvalue weighted by atomic mass is 10.1. The first kappa shape index (κ1) is 17.6. The second-order valence-corrected chi connectivity index (χ2v) is 7.95. The molecule has 132 valence electrons. The van der Waals surface area contributed by atoms with E-state index in [1.807, 2.05) is 0 Å². The van der Waals surface area contributed by atoms with Crippen LogP contribution in [0.4, 0.5) is 5.82 Å². The predicted molar refractivity (Wildman–Crippen MR) is 104 cm³/mol. The van der Waals surface area contributed by atoms with Gasteiger partial charge in [0.05, 0.1) is 9.99 Å². The smallest absolute Gasteiger partial charge is 0.125 e. The van der Waals surface area contributed by atoms with Gasteiger partial charge in [0.2, 0.25) is 0 Å². The van der Waals surface area contributed by atoms with Crippen LogP contribution in [0.1, 0.15) is 12.0 Å². The van der Waals surface area contributed by atoms with Crippen LogP contribution in [0.5, 0.6) is 5.75 Å². The lowest BCUT2D eigenvalue weighted by Gasteiger charge is -2.15. The molecule has 5 nitrogen and oxygen atoms in total. The standard InChI is InChI=1S/C18H27BrN4O/c1-21(2)8-5-9-23-17-13(16(19)18(23)20)6-7-15-14(17)10-12(24-15)11-22(3)4/h6-7,12H,5,8-11,20H2,1-4H3. The first-order chi connectivity index (χ1) is 11.4.